The third kappa shape index (κ3) is 4.19. The Balaban J connectivity index is 1.40. The molecule has 2 heterocycles. The number of aromatic nitrogens is 1. The maximum Gasteiger partial charge on any atom is 0.265 e. The van der Waals surface area contributed by atoms with E-state index in [0.717, 1.165) is 5.69 Å². The number of pyridine rings is 1. The number of rotatable bonds is 6. The number of aliphatic hydroxyl groups is 1. The van der Waals surface area contributed by atoms with Gasteiger partial charge in [-0.1, -0.05) is 36.4 Å². The number of ether oxygens (including phenoxy) is 1. The zero-order valence-corrected chi connectivity index (χ0v) is 19.6. The Bertz CT molecular complexity index is 1340. The minimum Gasteiger partial charge on any atom is -0.493 e. The first-order valence-corrected chi connectivity index (χ1v) is 12.8. The number of nitrogens with one attached hydrogen (secondary N) is 1. The summed E-state index contributed by atoms with van der Waals surface area (Å²) in [6.45, 7) is 1.98. The Hall–Kier alpha value is -3.23. The van der Waals surface area contributed by atoms with Gasteiger partial charge < -0.3 is 9.84 Å². The molecule has 8 heteroatoms. The van der Waals surface area contributed by atoms with Gasteiger partial charge in [-0.2, -0.15) is 0 Å². The number of nitrogens with zero attached hydrogens (tertiary/aromatic N) is 1. The fourth-order valence-corrected chi connectivity index (χ4v) is 5.49. The average Bonchev–Trinajstić information content (AvgIpc) is 3.60. The van der Waals surface area contributed by atoms with Crippen LogP contribution in [0.2, 0.25) is 0 Å². The van der Waals surface area contributed by atoms with Crippen LogP contribution in [0, 0.1) is 5.92 Å². The van der Waals surface area contributed by atoms with Crippen molar-refractivity contribution in [1.29, 1.82) is 0 Å². The van der Waals surface area contributed by atoms with Crippen molar-refractivity contribution >= 4 is 15.9 Å². The largest absolute Gasteiger partial charge is 0.493 e. The minimum absolute atomic E-state index is 0.125. The second kappa shape index (κ2) is 8.52. The van der Waals surface area contributed by atoms with Gasteiger partial charge >= 0.3 is 0 Å². The summed E-state index contributed by atoms with van der Waals surface area (Å²) in [6.07, 6.45) is 2.71. The molecule has 2 aromatic carbocycles. The highest BCUT2D eigenvalue weighted by molar-refractivity contribution is 7.91. The number of benzene rings is 2. The molecular weight excluding hydrogens is 452 g/mol. The van der Waals surface area contributed by atoms with Crippen LogP contribution < -0.4 is 9.46 Å². The van der Waals surface area contributed by atoms with E-state index < -0.39 is 26.8 Å². The molecule has 7 nitrogen and oxygen atoms in total. The van der Waals surface area contributed by atoms with Gasteiger partial charge in [0.1, 0.15) is 5.75 Å². The lowest BCUT2D eigenvalue weighted by Crippen LogP contribution is -2.38. The van der Waals surface area contributed by atoms with Crippen molar-refractivity contribution in [2.24, 2.45) is 5.92 Å². The van der Waals surface area contributed by atoms with Crippen molar-refractivity contribution in [3.05, 3.63) is 83.7 Å². The zero-order valence-electron chi connectivity index (χ0n) is 18.8. The van der Waals surface area contributed by atoms with Gasteiger partial charge in [-0.3, -0.25) is 9.78 Å². The Morgan fingerprint density at radius 3 is 2.65 bits per heavy atom. The van der Waals surface area contributed by atoms with Crippen molar-refractivity contribution in [1.82, 2.24) is 9.71 Å². The number of hydrogen-bond acceptors (Lipinski definition) is 6. The van der Waals surface area contributed by atoms with Crippen LogP contribution >= 0.6 is 0 Å². The molecule has 2 aliphatic rings. The molecule has 5 rings (SSSR count). The summed E-state index contributed by atoms with van der Waals surface area (Å²) in [5.74, 6) is -0.228. The van der Waals surface area contributed by atoms with Crippen LogP contribution in [0.4, 0.5) is 0 Å². The topological polar surface area (TPSA) is 106 Å². The van der Waals surface area contributed by atoms with Gasteiger partial charge in [-0.05, 0) is 61.6 Å². The maximum atomic E-state index is 12.9. The van der Waals surface area contributed by atoms with E-state index >= 15 is 0 Å². The Labute approximate surface area is 198 Å². The minimum atomic E-state index is -3.75. The first kappa shape index (κ1) is 22.6. The molecule has 1 saturated carbocycles. The summed E-state index contributed by atoms with van der Waals surface area (Å²) >= 11 is 0. The fraction of sp³-hybridized carbons (Fsp3) is 0.308. The van der Waals surface area contributed by atoms with Crippen LogP contribution in [0.5, 0.6) is 5.75 Å². The molecule has 1 aliphatic carbocycles. The lowest BCUT2D eigenvalue weighted by Gasteiger charge is -2.30. The van der Waals surface area contributed by atoms with Crippen molar-refractivity contribution in [2.45, 2.75) is 37.0 Å². The normalized spacial score (nSPS) is 20.6. The summed E-state index contributed by atoms with van der Waals surface area (Å²) in [7, 11) is -3.75. The summed E-state index contributed by atoms with van der Waals surface area (Å²) in [6, 6.07) is 18.0. The van der Waals surface area contributed by atoms with E-state index in [-0.39, 0.29) is 11.5 Å². The quantitative estimate of drug-likeness (QED) is 0.560. The third-order valence-corrected chi connectivity index (χ3v) is 8.90. The Morgan fingerprint density at radius 1 is 1.15 bits per heavy atom. The molecule has 0 bridgehead atoms. The van der Waals surface area contributed by atoms with E-state index in [4.69, 9.17) is 4.74 Å². The van der Waals surface area contributed by atoms with Crippen LogP contribution in [0.15, 0.2) is 66.9 Å². The lowest BCUT2D eigenvalue weighted by atomic mass is 9.88. The number of sulfonamides is 1. The van der Waals surface area contributed by atoms with Crippen LogP contribution in [-0.4, -0.2) is 35.8 Å². The van der Waals surface area contributed by atoms with Crippen molar-refractivity contribution in [3.63, 3.8) is 0 Å². The second-order valence-electron chi connectivity index (χ2n) is 9.22. The van der Waals surface area contributed by atoms with Crippen LogP contribution in [0.3, 0.4) is 0 Å². The highest BCUT2D eigenvalue weighted by Crippen LogP contribution is 2.43. The molecule has 0 radical (unpaired) electrons. The summed E-state index contributed by atoms with van der Waals surface area (Å²) in [5.41, 5.74) is 3.13. The number of aliphatic hydroxyl groups excluding tert-OH is 1. The van der Waals surface area contributed by atoms with E-state index in [2.05, 4.69) is 9.71 Å². The SMILES string of the molecule is CC1(S(=O)(=O)NC(=O)c2ccccc2-c2ccc3c(c2)OCC(Cc2ccccn2)[C@@H]3O)CC1. The standard InChI is InChI=1S/C26H26N2O5S/c1-26(11-12-26)34(31,32)28-25(30)21-8-3-2-7-20(21)17-9-10-22-23(15-17)33-16-18(24(22)29)14-19-6-4-5-13-27-19/h2-10,13,15,18,24,29H,11-12,14,16H2,1H3,(H,28,30)/t18?,24-/m0/s1. The maximum absolute atomic E-state index is 12.9. The van der Waals surface area contributed by atoms with Gasteiger partial charge in [0.2, 0.25) is 10.0 Å². The molecule has 34 heavy (non-hydrogen) atoms. The average molecular weight is 479 g/mol. The summed E-state index contributed by atoms with van der Waals surface area (Å²) < 4.78 is 32.5. The van der Waals surface area contributed by atoms with E-state index in [1.54, 1.807) is 49.5 Å². The lowest BCUT2D eigenvalue weighted by molar-refractivity contribution is 0.0503. The zero-order chi connectivity index (χ0) is 23.9. The van der Waals surface area contributed by atoms with Crippen LogP contribution in [0.25, 0.3) is 11.1 Å². The molecule has 1 aromatic heterocycles. The predicted molar refractivity (Wildman–Crippen MR) is 128 cm³/mol. The Morgan fingerprint density at radius 2 is 1.91 bits per heavy atom. The smallest absolute Gasteiger partial charge is 0.265 e. The van der Waals surface area contributed by atoms with E-state index in [0.29, 0.717) is 48.3 Å². The predicted octanol–water partition coefficient (Wildman–Crippen LogP) is 3.65. The van der Waals surface area contributed by atoms with E-state index in [9.17, 15) is 18.3 Å². The number of fused-ring (bicyclic) bond motifs is 1. The molecule has 1 amide bonds. The van der Waals surface area contributed by atoms with Gasteiger partial charge in [0.15, 0.2) is 0 Å². The van der Waals surface area contributed by atoms with Gasteiger partial charge in [0.05, 0.1) is 17.5 Å². The fourth-order valence-electron chi connectivity index (χ4n) is 4.25. The first-order valence-electron chi connectivity index (χ1n) is 11.3. The van der Waals surface area contributed by atoms with E-state index in [1.807, 2.05) is 24.3 Å². The van der Waals surface area contributed by atoms with Crippen molar-refractivity contribution in [2.75, 3.05) is 6.61 Å². The van der Waals surface area contributed by atoms with Crippen molar-refractivity contribution < 1.29 is 23.1 Å². The van der Waals surface area contributed by atoms with Crippen molar-refractivity contribution in [3.8, 4) is 16.9 Å². The van der Waals surface area contributed by atoms with E-state index in [1.165, 1.54) is 0 Å². The van der Waals surface area contributed by atoms with Gasteiger partial charge in [0.25, 0.3) is 5.91 Å². The summed E-state index contributed by atoms with van der Waals surface area (Å²) in [4.78, 5) is 17.3. The van der Waals surface area contributed by atoms with Gasteiger partial charge in [-0.15, -0.1) is 0 Å². The Kier molecular flexibility index (Phi) is 5.65. The molecule has 1 fully saturated rings. The molecule has 2 N–H and O–H groups in total. The molecule has 176 valence electrons. The summed E-state index contributed by atoms with van der Waals surface area (Å²) in [5, 5.41) is 11.0. The molecule has 1 aliphatic heterocycles. The number of carbonyl (C=O) groups excluding carboxylic acids is 1. The van der Waals surface area contributed by atoms with Crippen LogP contribution in [-0.2, 0) is 16.4 Å². The molecular formula is C26H26N2O5S. The van der Waals surface area contributed by atoms with Gasteiger partial charge in [-0.25, -0.2) is 13.1 Å². The highest BCUT2D eigenvalue weighted by atomic mass is 32.2. The molecule has 3 aromatic rings. The number of hydrogen-bond donors (Lipinski definition) is 2. The first-order chi connectivity index (χ1) is 16.3. The third-order valence-electron chi connectivity index (χ3n) is 6.74. The molecule has 2 atom stereocenters. The van der Waals surface area contributed by atoms with Crippen LogP contribution in [0.1, 0.15) is 47.5 Å². The number of carbonyl (C=O) groups is 1. The molecule has 1 unspecified atom stereocenters. The molecule has 0 saturated heterocycles. The monoisotopic (exact) mass is 478 g/mol. The molecule has 0 spiro atoms. The highest BCUT2D eigenvalue weighted by Gasteiger charge is 2.51. The van der Waals surface area contributed by atoms with Gasteiger partial charge in [0, 0.05) is 28.9 Å². The second-order valence-corrected chi connectivity index (χ2v) is 11.4. The number of amides is 1.